The summed E-state index contributed by atoms with van der Waals surface area (Å²) in [6.07, 6.45) is 2.07. The maximum absolute atomic E-state index is 11.7. The molecule has 1 N–H and O–H groups in total. The highest BCUT2D eigenvalue weighted by molar-refractivity contribution is 5.90. The molecular formula is C17H20O5. The molecule has 0 atom stereocenters. The Morgan fingerprint density at radius 2 is 1.59 bits per heavy atom. The summed E-state index contributed by atoms with van der Waals surface area (Å²) < 4.78 is 5.02. The zero-order valence-corrected chi connectivity index (χ0v) is 12.4. The molecule has 0 saturated heterocycles. The van der Waals surface area contributed by atoms with Gasteiger partial charge in [-0.05, 0) is 17.7 Å². The molecule has 0 aromatic heterocycles. The molecule has 118 valence electrons. The second-order valence-electron chi connectivity index (χ2n) is 4.76. The molecule has 0 saturated carbocycles. The topological polar surface area (TPSA) is 80.7 Å². The van der Waals surface area contributed by atoms with Crippen LogP contribution in [0.4, 0.5) is 0 Å². The van der Waals surface area contributed by atoms with E-state index < -0.39 is 5.97 Å². The van der Waals surface area contributed by atoms with Crippen molar-refractivity contribution in [3.63, 3.8) is 0 Å². The van der Waals surface area contributed by atoms with Gasteiger partial charge in [-0.3, -0.25) is 9.59 Å². The minimum atomic E-state index is -0.486. The third kappa shape index (κ3) is 6.45. The zero-order valence-electron chi connectivity index (χ0n) is 12.4. The monoisotopic (exact) mass is 304 g/mol. The average Bonchev–Trinajstić information content (AvgIpc) is 2.53. The van der Waals surface area contributed by atoms with Crippen LogP contribution in [0.25, 0.3) is 6.08 Å². The smallest absolute Gasteiger partial charge is 0.338 e. The van der Waals surface area contributed by atoms with E-state index in [0.29, 0.717) is 5.56 Å². The van der Waals surface area contributed by atoms with Gasteiger partial charge in [0.25, 0.3) is 0 Å². The minimum absolute atomic E-state index is 0.00489. The standard InChI is InChI=1S/C17H20O5/c1-2-13-3-5-14(6-4-13)17(21)22-12-10-16(20)8-7-15(19)9-11-18/h2-6,18H,1,7-12H2. The Morgan fingerprint density at radius 3 is 2.14 bits per heavy atom. The molecule has 5 heteroatoms. The Morgan fingerprint density at radius 1 is 1.00 bits per heavy atom. The van der Waals surface area contributed by atoms with E-state index in [2.05, 4.69) is 6.58 Å². The summed E-state index contributed by atoms with van der Waals surface area (Å²) in [5, 5.41) is 8.58. The van der Waals surface area contributed by atoms with Crippen molar-refractivity contribution in [2.24, 2.45) is 0 Å². The minimum Gasteiger partial charge on any atom is -0.462 e. The van der Waals surface area contributed by atoms with Gasteiger partial charge in [-0.1, -0.05) is 24.8 Å². The van der Waals surface area contributed by atoms with Gasteiger partial charge in [0.15, 0.2) is 0 Å². The molecule has 1 aromatic rings. The molecule has 1 rings (SSSR count). The first-order valence-corrected chi connectivity index (χ1v) is 7.10. The maximum Gasteiger partial charge on any atom is 0.338 e. The highest BCUT2D eigenvalue weighted by Gasteiger charge is 2.10. The van der Waals surface area contributed by atoms with Crippen LogP contribution in [-0.4, -0.2) is 35.9 Å². The molecule has 0 radical (unpaired) electrons. The van der Waals surface area contributed by atoms with Gasteiger partial charge in [-0.2, -0.15) is 0 Å². The molecule has 0 unspecified atom stereocenters. The quantitative estimate of drug-likeness (QED) is 0.670. The van der Waals surface area contributed by atoms with E-state index in [1.165, 1.54) is 0 Å². The van der Waals surface area contributed by atoms with Gasteiger partial charge in [0.2, 0.25) is 0 Å². The Kier molecular flexibility index (Phi) is 7.78. The SMILES string of the molecule is C=Cc1ccc(C(=O)OCCC(=O)CCC(=O)CCO)cc1. The Bertz CT molecular complexity index is 530. The van der Waals surface area contributed by atoms with E-state index in [-0.39, 0.29) is 50.5 Å². The first-order chi connectivity index (χ1) is 10.6. The van der Waals surface area contributed by atoms with Crippen LogP contribution in [0.1, 0.15) is 41.6 Å². The van der Waals surface area contributed by atoms with Gasteiger partial charge >= 0.3 is 5.97 Å². The van der Waals surface area contributed by atoms with E-state index in [4.69, 9.17) is 9.84 Å². The number of esters is 1. The van der Waals surface area contributed by atoms with Gasteiger partial charge < -0.3 is 9.84 Å². The summed E-state index contributed by atoms with van der Waals surface area (Å²) in [5.74, 6) is -0.768. The maximum atomic E-state index is 11.7. The molecule has 0 fully saturated rings. The number of hydrogen-bond acceptors (Lipinski definition) is 5. The van der Waals surface area contributed by atoms with Crippen LogP contribution >= 0.6 is 0 Å². The third-order valence-corrected chi connectivity index (χ3v) is 3.07. The van der Waals surface area contributed by atoms with Crippen LogP contribution < -0.4 is 0 Å². The van der Waals surface area contributed by atoms with Crippen molar-refractivity contribution in [2.75, 3.05) is 13.2 Å². The second-order valence-corrected chi connectivity index (χ2v) is 4.76. The number of ether oxygens (including phenoxy) is 1. The number of hydrogen-bond donors (Lipinski definition) is 1. The lowest BCUT2D eigenvalue weighted by atomic mass is 10.1. The molecule has 0 spiro atoms. The predicted octanol–water partition coefficient (Wildman–Crippen LogP) is 2.18. The van der Waals surface area contributed by atoms with Crippen molar-refractivity contribution < 1.29 is 24.2 Å². The van der Waals surface area contributed by atoms with Crippen molar-refractivity contribution in [3.05, 3.63) is 42.0 Å². The summed E-state index contributed by atoms with van der Waals surface area (Å²) in [7, 11) is 0. The van der Waals surface area contributed by atoms with Crippen LogP contribution in [-0.2, 0) is 14.3 Å². The molecule has 0 aliphatic rings. The van der Waals surface area contributed by atoms with Gasteiger partial charge in [-0.25, -0.2) is 4.79 Å². The van der Waals surface area contributed by atoms with E-state index in [9.17, 15) is 14.4 Å². The molecule has 0 aliphatic carbocycles. The summed E-state index contributed by atoms with van der Waals surface area (Å²) in [4.78, 5) is 34.4. The first kappa shape index (κ1) is 17.8. The number of ketones is 2. The van der Waals surface area contributed by atoms with Crippen molar-refractivity contribution in [2.45, 2.75) is 25.7 Å². The van der Waals surface area contributed by atoms with Crippen LogP contribution in [0.5, 0.6) is 0 Å². The lowest BCUT2D eigenvalue weighted by Crippen LogP contribution is -2.11. The van der Waals surface area contributed by atoms with Crippen molar-refractivity contribution >= 4 is 23.6 Å². The van der Waals surface area contributed by atoms with Crippen molar-refractivity contribution in [1.82, 2.24) is 0 Å². The number of aliphatic hydroxyl groups excluding tert-OH is 1. The van der Waals surface area contributed by atoms with Gasteiger partial charge in [-0.15, -0.1) is 0 Å². The van der Waals surface area contributed by atoms with Crippen molar-refractivity contribution in [1.29, 1.82) is 0 Å². The molecule has 5 nitrogen and oxygen atoms in total. The van der Waals surface area contributed by atoms with E-state index in [1.54, 1.807) is 30.3 Å². The highest BCUT2D eigenvalue weighted by atomic mass is 16.5. The fraction of sp³-hybridized carbons (Fsp3) is 0.353. The van der Waals surface area contributed by atoms with Crippen LogP contribution in [0.15, 0.2) is 30.8 Å². The van der Waals surface area contributed by atoms with Crippen LogP contribution in [0, 0.1) is 0 Å². The zero-order chi connectivity index (χ0) is 16.4. The van der Waals surface area contributed by atoms with E-state index in [0.717, 1.165) is 5.56 Å². The van der Waals surface area contributed by atoms with Gasteiger partial charge in [0, 0.05) is 32.3 Å². The average molecular weight is 304 g/mol. The van der Waals surface area contributed by atoms with Gasteiger partial charge in [0.05, 0.1) is 12.2 Å². The van der Waals surface area contributed by atoms with Gasteiger partial charge in [0.1, 0.15) is 11.6 Å². The second kappa shape index (κ2) is 9.63. The molecular weight excluding hydrogens is 284 g/mol. The van der Waals surface area contributed by atoms with E-state index in [1.807, 2.05) is 0 Å². The Balaban J connectivity index is 2.27. The summed E-state index contributed by atoms with van der Waals surface area (Å²) >= 11 is 0. The fourth-order valence-electron chi connectivity index (χ4n) is 1.75. The number of aliphatic hydroxyl groups is 1. The molecule has 0 aliphatic heterocycles. The number of carbonyl (C=O) groups excluding carboxylic acids is 3. The number of rotatable bonds is 10. The molecule has 0 heterocycles. The first-order valence-electron chi connectivity index (χ1n) is 7.10. The summed E-state index contributed by atoms with van der Waals surface area (Å²) in [6, 6.07) is 6.77. The third-order valence-electron chi connectivity index (χ3n) is 3.07. The highest BCUT2D eigenvalue weighted by Crippen LogP contribution is 2.07. The predicted molar refractivity (Wildman–Crippen MR) is 82.4 cm³/mol. The normalized spacial score (nSPS) is 10.0. The lowest BCUT2D eigenvalue weighted by Gasteiger charge is -2.05. The Labute approximate surface area is 129 Å². The lowest BCUT2D eigenvalue weighted by molar-refractivity contribution is -0.125. The molecule has 1 aromatic carbocycles. The molecule has 22 heavy (non-hydrogen) atoms. The van der Waals surface area contributed by atoms with Crippen LogP contribution in [0.2, 0.25) is 0 Å². The fourth-order valence-corrected chi connectivity index (χ4v) is 1.75. The number of benzene rings is 1. The summed E-state index contributed by atoms with van der Waals surface area (Å²) in [5.41, 5.74) is 1.32. The largest absolute Gasteiger partial charge is 0.462 e. The molecule has 0 bridgehead atoms. The van der Waals surface area contributed by atoms with Crippen molar-refractivity contribution in [3.8, 4) is 0 Å². The van der Waals surface area contributed by atoms with E-state index >= 15 is 0 Å². The van der Waals surface area contributed by atoms with Crippen LogP contribution in [0.3, 0.4) is 0 Å². The summed E-state index contributed by atoms with van der Waals surface area (Å²) in [6.45, 7) is 3.42. The number of Topliss-reactive ketones (excluding diaryl/α,β-unsaturated/α-hetero) is 2. The Hall–Kier alpha value is -2.27. The number of carbonyl (C=O) groups is 3. The molecule has 0 amide bonds.